The molecule has 0 spiro atoms. The number of aromatic nitrogens is 1. The molecular formula is C10H17N3O. The van der Waals surface area contributed by atoms with Crippen LogP contribution >= 0.6 is 0 Å². The quantitative estimate of drug-likeness (QED) is 0.748. The van der Waals surface area contributed by atoms with Gasteiger partial charge in [0.2, 0.25) is 0 Å². The number of nitrogens with zero attached hydrogens (tertiary/aromatic N) is 2. The van der Waals surface area contributed by atoms with Gasteiger partial charge in [0, 0.05) is 30.5 Å². The van der Waals surface area contributed by atoms with Crippen LogP contribution in [0.4, 0.5) is 11.5 Å². The van der Waals surface area contributed by atoms with Crippen LogP contribution < -0.4 is 10.6 Å². The lowest BCUT2D eigenvalue weighted by Gasteiger charge is -2.28. The highest BCUT2D eigenvalue weighted by atomic mass is 16.3. The molecule has 3 N–H and O–H groups in total. The normalized spacial score (nSPS) is 10.6. The van der Waals surface area contributed by atoms with Crippen molar-refractivity contribution >= 4 is 11.5 Å². The summed E-state index contributed by atoms with van der Waals surface area (Å²) in [4.78, 5) is 6.01. The summed E-state index contributed by atoms with van der Waals surface area (Å²) < 4.78 is 0. The Hall–Kier alpha value is -1.29. The Balaban J connectivity index is 2.87. The van der Waals surface area contributed by atoms with Crippen molar-refractivity contribution in [3.63, 3.8) is 0 Å². The minimum Gasteiger partial charge on any atom is -0.395 e. The average molecular weight is 195 g/mol. The van der Waals surface area contributed by atoms with Gasteiger partial charge in [-0.1, -0.05) is 0 Å². The second kappa shape index (κ2) is 4.81. The molecule has 4 nitrogen and oxygen atoms in total. The molecule has 0 bridgehead atoms. The topological polar surface area (TPSA) is 62.4 Å². The Morgan fingerprint density at radius 1 is 1.57 bits per heavy atom. The molecule has 0 saturated heterocycles. The zero-order valence-electron chi connectivity index (χ0n) is 8.64. The SMILES string of the molecule is CC(C)N(CCO)c1ccnc(N)c1. The van der Waals surface area contributed by atoms with E-state index >= 15 is 0 Å². The largest absolute Gasteiger partial charge is 0.395 e. The lowest BCUT2D eigenvalue weighted by Crippen LogP contribution is -2.33. The molecule has 0 saturated carbocycles. The van der Waals surface area contributed by atoms with Crippen LogP contribution in [-0.4, -0.2) is 29.3 Å². The highest BCUT2D eigenvalue weighted by Gasteiger charge is 2.09. The van der Waals surface area contributed by atoms with Gasteiger partial charge in [-0.05, 0) is 19.9 Å². The maximum absolute atomic E-state index is 8.93. The van der Waals surface area contributed by atoms with Crippen LogP contribution in [0.1, 0.15) is 13.8 Å². The van der Waals surface area contributed by atoms with Crippen molar-refractivity contribution in [2.45, 2.75) is 19.9 Å². The van der Waals surface area contributed by atoms with Gasteiger partial charge >= 0.3 is 0 Å². The summed E-state index contributed by atoms with van der Waals surface area (Å²) in [5.74, 6) is 0.506. The molecule has 78 valence electrons. The lowest BCUT2D eigenvalue weighted by molar-refractivity contribution is 0.299. The molecule has 0 unspecified atom stereocenters. The smallest absolute Gasteiger partial charge is 0.125 e. The fourth-order valence-electron chi connectivity index (χ4n) is 1.41. The molecule has 0 radical (unpaired) electrons. The summed E-state index contributed by atoms with van der Waals surface area (Å²) in [7, 11) is 0. The first-order valence-electron chi connectivity index (χ1n) is 4.74. The number of pyridine rings is 1. The predicted octanol–water partition coefficient (Wildman–Crippen LogP) is 0.871. The fraction of sp³-hybridized carbons (Fsp3) is 0.500. The van der Waals surface area contributed by atoms with E-state index in [1.807, 2.05) is 12.1 Å². The van der Waals surface area contributed by atoms with E-state index in [1.54, 1.807) is 6.20 Å². The van der Waals surface area contributed by atoms with Gasteiger partial charge in [0.1, 0.15) is 5.82 Å². The van der Waals surface area contributed by atoms with Crippen LogP contribution in [0.5, 0.6) is 0 Å². The monoisotopic (exact) mass is 195 g/mol. The highest BCUT2D eigenvalue weighted by molar-refractivity contribution is 5.52. The molecule has 4 heteroatoms. The fourth-order valence-corrected chi connectivity index (χ4v) is 1.41. The van der Waals surface area contributed by atoms with Crippen molar-refractivity contribution in [1.82, 2.24) is 4.98 Å². The van der Waals surface area contributed by atoms with E-state index in [0.717, 1.165) is 5.69 Å². The standard InChI is InChI=1S/C10H17N3O/c1-8(2)13(5-6-14)9-3-4-12-10(11)7-9/h3-4,7-8,14H,5-6H2,1-2H3,(H2,11,12). The Morgan fingerprint density at radius 3 is 2.79 bits per heavy atom. The first-order valence-corrected chi connectivity index (χ1v) is 4.74. The van der Waals surface area contributed by atoms with Crippen LogP contribution in [0.15, 0.2) is 18.3 Å². The van der Waals surface area contributed by atoms with Crippen molar-refractivity contribution in [2.75, 3.05) is 23.8 Å². The third-order valence-corrected chi connectivity index (χ3v) is 2.06. The molecule has 14 heavy (non-hydrogen) atoms. The summed E-state index contributed by atoms with van der Waals surface area (Å²) in [5.41, 5.74) is 6.59. The van der Waals surface area contributed by atoms with Gasteiger partial charge in [-0.3, -0.25) is 0 Å². The third kappa shape index (κ3) is 2.60. The summed E-state index contributed by atoms with van der Waals surface area (Å²) in [5, 5.41) is 8.93. The van der Waals surface area contributed by atoms with E-state index in [4.69, 9.17) is 10.8 Å². The number of rotatable bonds is 4. The van der Waals surface area contributed by atoms with E-state index < -0.39 is 0 Å². The number of aliphatic hydroxyl groups excluding tert-OH is 1. The Labute approximate surface area is 84.4 Å². The highest BCUT2D eigenvalue weighted by Crippen LogP contribution is 2.17. The average Bonchev–Trinajstić information content (AvgIpc) is 2.13. The van der Waals surface area contributed by atoms with Crippen molar-refractivity contribution in [3.05, 3.63) is 18.3 Å². The van der Waals surface area contributed by atoms with E-state index in [2.05, 4.69) is 23.7 Å². The number of nitrogen functional groups attached to an aromatic ring is 1. The van der Waals surface area contributed by atoms with Gasteiger partial charge in [-0.15, -0.1) is 0 Å². The van der Waals surface area contributed by atoms with E-state index in [1.165, 1.54) is 0 Å². The van der Waals surface area contributed by atoms with Crippen LogP contribution in [0.2, 0.25) is 0 Å². The van der Waals surface area contributed by atoms with Gasteiger partial charge in [0.15, 0.2) is 0 Å². The Bertz CT molecular complexity index is 288. The van der Waals surface area contributed by atoms with Gasteiger partial charge in [-0.25, -0.2) is 4.98 Å². The number of aliphatic hydroxyl groups is 1. The first-order chi connectivity index (χ1) is 6.65. The molecule has 1 rings (SSSR count). The first kappa shape index (κ1) is 10.8. The van der Waals surface area contributed by atoms with E-state index in [0.29, 0.717) is 18.4 Å². The number of hydrogen-bond acceptors (Lipinski definition) is 4. The van der Waals surface area contributed by atoms with Crippen molar-refractivity contribution in [2.24, 2.45) is 0 Å². The number of anilines is 2. The van der Waals surface area contributed by atoms with Crippen LogP contribution in [0.3, 0.4) is 0 Å². The molecule has 0 aromatic carbocycles. The zero-order valence-corrected chi connectivity index (χ0v) is 8.64. The summed E-state index contributed by atoms with van der Waals surface area (Å²) >= 11 is 0. The molecular weight excluding hydrogens is 178 g/mol. The minimum absolute atomic E-state index is 0.139. The molecule has 1 heterocycles. The van der Waals surface area contributed by atoms with Crippen molar-refractivity contribution in [3.8, 4) is 0 Å². The molecule has 0 atom stereocenters. The molecule has 0 amide bonds. The predicted molar refractivity (Wildman–Crippen MR) is 58.2 cm³/mol. The second-order valence-electron chi connectivity index (χ2n) is 3.45. The molecule has 1 aromatic heterocycles. The molecule has 0 fully saturated rings. The van der Waals surface area contributed by atoms with Crippen LogP contribution in [0.25, 0.3) is 0 Å². The van der Waals surface area contributed by atoms with Crippen LogP contribution in [0, 0.1) is 0 Å². The summed E-state index contributed by atoms with van der Waals surface area (Å²) in [6, 6.07) is 4.05. The Morgan fingerprint density at radius 2 is 2.29 bits per heavy atom. The number of hydrogen-bond donors (Lipinski definition) is 2. The van der Waals surface area contributed by atoms with Gasteiger partial charge in [0.25, 0.3) is 0 Å². The summed E-state index contributed by atoms with van der Waals surface area (Å²) in [6.07, 6.45) is 1.68. The lowest BCUT2D eigenvalue weighted by atomic mass is 10.2. The van der Waals surface area contributed by atoms with Gasteiger partial charge in [0.05, 0.1) is 6.61 Å². The van der Waals surface area contributed by atoms with E-state index in [-0.39, 0.29) is 6.61 Å². The zero-order chi connectivity index (χ0) is 10.6. The molecule has 0 aliphatic heterocycles. The van der Waals surface area contributed by atoms with Gasteiger partial charge < -0.3 is 15.7 Å². The molecule has 1 aromatic rings. The third-order valence-electron chi connectivity index (χ3n) is 2.06. The van der Waals surface area contributed by atoms with Gasteiger partial charge in [-0.2, -0.15) is 0 Å². The minimum atomic E-state index is 0.139. The van der Waals surface area contributed by atoms with Crippen molar-refractivity contribution < 1.29 is 5.11 Å². The molecule has 0 aliphatic carbocycles. The molecule has 0 aliphatic rings. The Kier molecular flexibility index (Phi) is 3.71. The maximum atomic E-state index is 8.93. The second-order valence-corrected chi connectivity index (χ2v) is 3.45. The van der Waals surface area contributed by atoms with Crippen molar-refractivity contribution in [1.29, 1.82) is 0 Å². The van der Waals surface area contributed by atoms with Crippen LogP contribution in [-0.2, 0) is 0 Å². The maximum Gasteiger partial charge on any atom is 0.125 e. The number of nitrogens with two attached hydrogens (primary N) is 1. The van der Waals surface area contributed by atoms with E-state index in [9.17, 15) is 0 Å². The summed E-state index contributed by atoms with van der Waals surface area (Å²) in [6.45, 7) is 4.90.